The molecule has 1 atom stereocenters. The Morgan fingerprint density at radius 1 is 1.19 bits per heavy atom. The highest BCUT2D eigenvalue weighted by molar-refractivity contribution is 8.00. The number of rotatable bonds is 6. The van der Waals surface area contributed by atoms with E-state index in [1.54, 1.807) is 13.0 Å². The van der Waals surface area contributed by atoms with Gasteiger partial charge in [0, 0.05) is 23.4 Å². The molecule has 3 aromatic rings. The van der Waals surface area contributed by atoms with Crippen LogP contribution in [0.1, 0.15) is 33.3 Å². The van der Waals surface area contributed by atoms with Crippen molar-refractivity contribution in [3.63, 3.8) is 0 Å². The van der Waals surface area contributed by atoms with Crippen LogP contribution in [0, 0.1) is 10.1 Å². The second kappa shape index (κ2) is 8.76. The molecule has 2 aromatic carbocycles. The van der Waals surface area contributed by atoms with Crippen molar-refractivity contribution in [2.45, 2.75) is 43.5 Å². The number of hydrogen-bond donors (Lipinski definition) is 2. The van der Waals surface area contributed by atoms with Gasteiger partial charge < -0.3 is 11.2 Å². The third-order valence-corrected chi connectivity index (χ3v) is 5.71. The first kappa shape index (κ1) is 22.3. The molecular weight excluding hydrogens is 416 g/mol. The Kier molecular flexibility index (Phi) is 6.30. The number of benzene rings is 2. The molecule has 31 heavy (non-hydrogen) atoms. The monoisotopic (exact) mass is 440 g/mol. The average Bonchev–Trinajstić information content (AvgIpc) is 3.07. The van der Waals surface area contributed by atoms with E-state index in [-0.39, 0.29) is 17.0 Å². The predicted molar refractivity (Wildman–Crippen MR) is 121 cm³/mol. The van der Waals surface area contributed by atoms with E-state index in [4.69, 9.17) is 5.84 Å². The van der Waals surface area contributed by atoms with Gasteiger partial charge in [0.25, 0.3) is 5.69 Å². The summed E-state index contributed by atoms with van der Waals surface area (Å²) in [6.45, 7) is 8.12. The van der Waals surface area contributed by atoms with Crippen LogP contribution in [-0.4, -0.2) is 31.0 Å². The summed E-state index contributed by atoms with van der Waals surface area (Å²) in [6.07, 6.45) is 0. The lowest BCUT2D eigenvalue weighted by Gasteiger charge is -2.19. The highest BCUT2D eigenvalue weighted by Gasteiger charge is 2.21. The van der Waals surface area contributed by atoms with Crippen LogP contribution in [0.15, 0.2) is 53.7 Å². The molecule has 0 fully saturated rings. The number of nitro benzene ring substituents is 1. The fourth-order valence-corrected chi connectivity index (χ4v) is 3.60. The lowest BCUT2D eigenvalue weighted by Crippen LogP contribution is -2.23. The highest BCUT2D eigenvalue weighted by Crippen LogP contribution is 2.28. The van der Waals surface area contributed by atoms with Gasteiger partial charge in [0.1, 0.15) is 0 Å². The summed E-state index contributed by atoms with van der Waals surface area (Å²) < 4.78 is 1.36. The Labute approximate surface area is 184 Å². The Balaban J connectivity index is 1.70. The van der Waals surface area contributed by atoms with Gasteiger partial charge >= 0.3 is 0 Å². The van der Waals surface area contributed by atoms with Gasteiger partial charge in [-0.2, -0.15) is 0 Å². The van der Waals surface area contributed by atoms with Crippen LogP contribution < -0.4 is 11.2 Å². The lowest BCUT2D eigenvalue weighted by molar-refractivity contribution is -0.384. The van der Waals surface area contributed by atoms with Crippen LogP contribution in [0.4, 0.5) is 11.4 Å². The molecule has 1 heterocycles. The molecule has 1 unspecified atom stereocenters. The molecule has 3 N–H and O–H groups in total. The summed E-state index contributed by atoms with van der Waals surface area (Å²) in [5.41, 5.74) is 2.31. The van der Waals surface area contributed by atoms with E-state index in [1.807, 2.05) is 24.3 Å². The van der Waals surface area contributed by atoms with E-state index in [2.05, 4.69) is 36.3 Å². The number of nitro groups is 1. The minimum Gasteiger partial charge on any atom is -0.335 e. The number of thioether (sulfide) groups is 1. The molecule has 0 bridgehead atoms. The minimum absolute atomic E-state index is 0.0396. The van der Waals surface area contributed by atoms with Gasteiger partial charge in [-0.3, -0.25) is 14.9 Å². The van der Waals surface area contributed by atoms with Crippen molar-refractivity contribution in [1.29, 1.82) is 0 Å². The maximum Gasteiger partial charge on any atom is 0.271 e. The smallest absolute Gasteiger partial charge is 0.271 e. The summed E-state index contributed by atoms with van der Waals surface area (Å²) in [7, 11) is 0. The van der Waals surface area contributed by atoms with E-state index >= 15 is 0 Å². The summed E-state index contributed by atoms with van der Waals surface area (Å²) >= 11 is 1.15. The van der Waals surface area contributed by atoms with Gasteiger partial charge in [0.15, 0.2) is 5.82 Å². The number of nitrogens with two attached hydrogens (primary N) is 1. The number of non-ortho nitro benzene ring substituents is 1. The van der Waals surface area contributed by atoms with Crippen LogP contribution in [0.2, 0.25) is 0 Å². The predicted octanol–water partition coefficient (Wildman–Crippen LogP) is 3.98. The molecule has 9 nitrogen and oxygen atoms in total. The fraction of sp³-hybridized carbons (Fsp3) is 0.286. The van der Waals surface area contributed by atoms with Crippen molar-refractivity contribution in [3.05, 3.63) is 64.2 Å². The third-order valence-electron chi connectivity index (χ3n) is 4.65. The van der Waals surface area contributed by atoms with Crippen molar-refractivity contribution in [3.8, 4) is 11.4 Å². The molecule has 0 aliphatic rings. The Morgan fingerprint density at radius 2 is 1.87 bits per heavy atom. The zero-order valence-corrected chi connectivity index (χ0v) is 18.5. The van der Waals surface area contributed by atoms with Gasteiger partial charge in [-0.05, 0) is 24.0 Å². The first-order chi connectivity index (χ1) is 14.6. The summed E-state index contributed by atoms with van der Waals surface area (Å²) in [6, 6.07) is 13.7. The minimum atomic E-state index is -0.554. The van der Waals surface area contributed by atoms with E-state index in [0.29, 0.717) is 16.7 Å². The number of anilines is 1. The number of nitrogens with one attached hydrogen (secondary N) is 1. The molecular formula is C21H24N6O3S. The Hall–Kier alpha value is -3.40. The normalized spacial score (nSPS) is 12.4. The molecule has 3 rings (SSSR count). The second-order valence-electron chi connectivity index (χ2n) is 8.06. The first-order valence-corrected chi connectivity index (χ1v) is 10.5. The topological polar surface area (TPSA) is 129 Å². The summed E-state index contributed by atoms with van der Waals surface area (Å²) in [5, 5.41) is 21.7. The zero-order valence-electron chi connectivity index (χ0n) is 17.7. The van der Waals surface area contributed by atoms with E-state index in [9.17, 15) is 14.9 Å². The number of amides is 1. The largest absolute Gasteiger partial charge is 0.335 e. The zero-order chi connectivity index (χ0) is 22.8. The number of hydrogen-bond acceptors (Lipinski definition) is 7. The van der Waals surface area contributed by atoms with Gasteiger partial charge in [0.05, 0.1) is 10.2 Å². The van der Waals surface area contributed by atoms with Crippen molar-refractivity contribution in [2.24, 2.45) is 0 Å². The van der Waals surface area contributed by atoms with Crippen LogP contribution >= 0.6 is 11.8 Å². The molecule has 162 valence electrons. The molecule has 10 heteroatoms. The maximum atomic E-state index is 12.5. The maximum absolute atomic E-state index is 12.5. The van der Waals surface area contributed by atoms with E-state index in [0.717, 1.165) is 17.3 Å². The molecule has 0 aliphatic heterocycles. The first-order valence-electron chi connectivity index (χ1n) is 9.59. The van der Waals surface area contributed by atoms with Crippen LogP contribution in [0.5, 0.6) is 0 Å². The molecule has 0 spiro atoms. The Morgan fingerprint density at radius 3 is 2.48 bits per heavy atom. The van der Waals surface area contributed by atoms with Crippen LogP contribution in [0.25, 0.3) is 11.4 Å². The van der Waals surface area contributed by atoms with Crippen molar-refractivity contribution in [2.75, 3.05) is 11.2 Å². The van der Waals surface area contributed by atoms with E-state index < -0.39 is 10.2 Å². The third kappa shape index (κ3) is 5.21. The van der Waals surface area contributed by atoms with Crippen molar-refractivity contribution in [1.82, 2.24) is 14.9 Å². The SMILES string of the molecule is CC(Sc1nnc(-c2ccc(C(C)(C)C)cc2)n1N)C(=O)Nc1cccc([N+](=O)[O-])c1. The van der Waals surface area contributed by atoms with Gasteiger partial charge in [-0.25, -0.2) is 4.68 Å². The Bertz CT molecular complexity index is 1110. The highest BCUT2D eigenvalue weighted by atomic mass is 32.2. The number of carbonyl (C=O) groups is 1. The number of aromatic nitrogens is 3. The van der Waals surface area contributed by atoms with E-state index in [1.165, 1.54) is 28.4 Å². The van der Waals surface area contributed by atoms with Gasteiger partial charge in [-0.15, -0.1) is 10.2 Å². The number of nitrogen functional groups attached to an aromatic ring is 1. The number of nitrogens with zero attached hydrogens (tertiary/aromatic N) is 4. The molecule has 0 saturated carbocycles. The standard InChI is InChI=1S/C21H24N6O3S/c1-13(19(28)23-16-6-5-7-17(12-16)27(29)30)31-20-25-24-18(26(20)22)14-8-10-15(11-9-14)21(2,3)4/h5-13H,22H2,1-4H3,(H,23,28). The fourth-order valence-electron chi connectivity index (χ4n) is 2.83. The average molecular weight is 441 g/mol. The van der Waals surface area contributed by atoms with Gasteiger partial charge in [0.2, 0.25) is 11.1 Å². The quantitative estimate of drug-likeness (QED) is 0.257. The summed E-state index contributed by atoms with van der Waals surface area (Å²) in [4.78, 5) is 22.9. The van der Waals surface area contributed by atoms with Crippen molar-refractivity contribution >= 4 is 29.0 Å². The van der Waals surface area contributed by atoms with Gasteiger partial charge in [-0.1, -0.05) is 62.9 Å². The second-order valence-corrected chi connectivity index (χ2v) is 9.37. The number of carbonyl (C=O) groups excluding carboxylic acids is 1. The molecule has 1 amide bonds. The molecule has 1 aromatic heterocycles. The molecule has 0 radical (unpaired) electrons. The molecule has 0 aliphatic carbocycles. The van der Waals surface area contributed by atoms with Crippen LogP contribution in [0.3, 0.4) is 0 Å². The summed E-state index contributed by atoms with van der Waals surface area (Å²) in [5.74, 6) is 6.34. The van der Waals surface area contributed by atoms with Crippen molar-refractivity contribution < 1.29 is 9.72 Å². The lowest BCUT2D eigenvalue weighted by atomic mass is 9.87. The van der Waals surface area contributed by atoms with Crippen LogP contribution in [-0.2, 0) is 10.2 Å². The molecule has 0 saturated heterocycles.